The molecule has 0 aromatic carbocycles. The van der Waals surface area contributed by atoms with Gasteiger partial charge in [-0.2, -0.15) is 0 Å². The van der Waals surface area contributed by atoms with Crippen molar-refractivity contribution in [2.24, 2.45) is 5.92 Å². The molecule has 0 spiro atoms. The zero-order valence-electron chi connectivity index (χ0n) is 20.0. The fraction of sp³-hybridized carbons (Fsp3) is 0.727. The zero-order chi connectivity index (χ0) is 24.6. The quantitative estimate of drug-likeness (QED) is 0.331. The minimum Gasteiger partial charge on any atom is -0.478 e. The summed E-state index contributed by atoms with van der Waals surface area (Å²) in [4.78, 5) is 48.5. The Morgan fingerprint density at radius 1 is 0.806 bits per heavy atom. The second-order valence-corrected chi connectivity index (χ2v) is 10.2. The number of carbonyl (C=O) groups excluding carboxylic acids is 3. The highest BCUT2D eigenvalue weighted by atomic mass is 16.6. The number of amides is 1. The lowest BCUT2D eigenvalue weighted by atomic mass is 9.95. The molecule has 0 fully saturated rings. The van der Waals surface area contributed by atoms with Gasteiger partial charge in [0.2, 0.25) is 0 Å². The van der Waals surface area contributed by atoms with Crippen molar-refractivity contribution < 1.29 is 38.5 Å². The minimum atomic E-state index is -1.20. The molecule has 0 radical (unpaired) electrons. The molecule has 9 heteroatoms. The lowest BCUT2D eigenvalue weighted by Gasteiger charge is -2.29. The van der Waals surface area contributed by atoms with Gasteiger partial charge in [-0.25, -0.2) is 14.4 Å². The van der Waals surface area contributed by atoms with Crippen LogP contribution in [0.2, 0.25) is 0 Å². The van der Waals surface area contributed by atoms with Crippen LogP contribution >= 0.6 is 0 Å². The maximum Gasteiger partial charge on any atom is 0.408 e. The number of aliphatic carboxylic acids is 1. The van der Waals surface area contributed by atoms with E-state index in [1.807, 2.05) is 0 Å². The van der Waals surface area contributed by atoms with E-state index in [4.69, 9.17) is 19.3 Å². The normalized spacial score (nSPS) is 14.5. The van der Waals surface area contributed by atoms with Crippen molar-refractivity contribution in [2.75, 3.05) is 0 Å². The molecule has 0 heterocycles. The fourth-order valence-corrected chi connectivity index (χ4v) is 2.33. The summed E-state index contributed by atoms with van der Waals surface area (Å²) >= 11 is 0. The molecule has 0 unspecified atom stereocenters. The number of carboxylic acids is 1. The Hall–Kier alpha value is -2.58. The van der Waals surface area contributed by atoms with Gasteiger partial charge in [-0.15, -0.1) is 0 Å². The smallest absolute Gasteiger partial charge is 0.408 e. The van der Waals surface area contributed by atoms with Gasteiger partial charge >= 0.3 is 24.0 Å². The number of carboxylic acid groups (broad SMARTS) is 1. The number of carbonyl (C=O) groups is 4. The molecule has 178 valence electrons. The van der Waals surface area contributed by atoms with E-state index in [2.05, 4.69) is 5.32 Å². The number of hydrogen-bond donors (Lipinski definition) is 2. The Bertz CT molecular complexity index is 677. The number of allylic oxidation sites excluding steroid dienone is 1. The fourth-order valence-electron chi connectivity index (χ4n) is 2.33. The maximum absolute atomic E-state index is 12.7. The summed E-state index contributed by atoms with van der Waals surface area (Å²) in [7, 11) is 0. The molecule has 0 aliphatic heterocycles. The second-order valence-electron chi connectivity index (χ2n) is 10.2. The van der Waals surface area contributed by atoms with E-state index >= 15 is 0 Å². The van der Waals surface area contributed by atoms with Gasteiger partial charge in [0.15, 0.2) is 0 Å². The van der Waals surface area contributed by atoms with Crippen LogP contribution in [0.3, 0.4) is 0 Å². The summed E-state index contributed by atoms with van der Waals surface area (Å²) in [5.41, 5.74) is -2.40. The van der Waals surface area contributed by atoms with Crippen LogP contribution in [0.5, 0.6) is 0 Å². The topological polar surface area (TPSA) is 128 Å². The standard InChI is InChI=1S/C22H37NO8/c1-20(2,3)29-17(26)14(11-10-12-16(24)25)13-15(18(27)30-21(4,5)6)23-19(28)31-22(7,8)9/h10,12,14-15H,11,13H2,1-9H3,(H,23,28)(H,24,25)/b12-10-/t14-,15+/m1/s1. The number of ether oxygens (including phenoxy) is 3. The molecule has 9 nitrogen and oxygen atoms in total. The molecule has 0 aliphatic rings. The van der Waals surface area contributed by atoms with Crippen LogP contribution in [0, 0.1) is 5.92 Å². The summed E-state index contributed by atoms with van der Waals surface area (Å²) in [5.74, 6) is -3.43. The first-order valence-corrected chi connectivity index (χ1v) is 10.1. The van der Waals surface area contributed by atoms with Gasteiger partial charge in [-0.1, -0.05) is 6.08 Å². The summed E-state index contributed by atoms with van der Waals surface area (Å²) in [6.07, 6.45) is 1.20. The molecule has 0 saturated heterocycles. The predicted molar refractivity (Wildman–Crippen MR) is 114 cm³/mol. The molecule has 0 rings (SSSR count). The molecule has 0 saturated carbocycles. The first kappa shape index (κ1) is 28.4. The van der Waals surface area contributed by atoms with Crippen molar-refractivity contribution in [1.82, 2.24) is 5.32 Å². The Kier molecular flexibility index (Phi) is 10.2. The first-order chi connectivity index (χ1) is 13.8. The molecular formula is C22H37NO8. The van der Waals surface area contributed by atoms with Crippen LogP contribution in [-0.2, 0) is 28.6 Å². The van der Waals surface area contributed by atoms with Crippen LogP contribution in [0.25, 0.3) is 0 Å². The molecule has 0 aliphatic carbocycles. The third kappa shape index (κ3) is 15.0. The van der Waals surface area contributed by atoms with Gasteiger partial charge in [-0.05, 0) is 75.2 Å². The first-order valence-electron chi connectivity index (χ1n) is 10.1. The highest BCUT2D eigenvalue weighted by Crippen LogP contribution is 2.21. The van der Waals surface area contributed by atoms with Crippen LogP contribution in [0.4, 0.5) is 4.79 Å². The lowest BCUT2D eigenvalue weighted by molar-refractivity contribution is -0.162. The number of esters is 2. The summed E-state index contributed by atoms with van der Waals surface area (Å²) in [5, 5.41) is 11.3. The van der Waals surface area contributed by atoms with E-state index in [9.17, 15) is 19.2 Å². The van der Waals surface area contributed by atoms with Gasteiger partial charge in [-0.3, -0.25) is 4.79 Å². The average molecular weight is 444 g/mol. The van der Waals surface area contributed by atoms with Gasteiger partial charge in [0.25, 0.3) is 0 Å². The highest BCUT2D eigenvalue weighted by molar-refractivity contribution is 5.83. The van der Waals surface area contributed by atoms with Crippen LogP contribution in [0.15, 0.2) is 12.2 Å². The number of rotatable bonds is 8. The molecule has 2 N–H and O–H groups in total. The van der Waals surface area contributed by atoms with E-state index in [0.29, 0.717) is 0 Å². The largest absolute Gasteiger partial charge is 0.478 e. The van der Waals surface area contributed by atoms with Crippen molar-refractivity contribution >= 4 is 24.0 Å². The number of alkyl carbamates (subject to hydrolysis) is 1. The predicted octanol–water partition coefficient (Wildman–Crippen LogP) is 3.60. The highest BCUT2D eigenvalue weighted by Gasteiger charge is 2.34. The third-order valence-electron chi connectivity index (χ3n) is 3.32. The SMILES string of the molecule is CC(C)(C)OC(=O)N[C@@H](C[C@@H](C/C=C\C(=O)O)C(=O)OC(C)(C)C)C(=O)OC(C)(C)C. The van der Waals surface area contributed by atoms with Gasteiger partial charge in [0, 0.05) is 6.08 Å². The Balaban J connectivity index is 5.74. The van der Waals surface area contributed by atoms with Crippen molar-refractivity contribution in [1.29, 1.82) is 0 Å². The molecule has 2 atom stereocenters. The van der Waals surface area contributed by atoms with Crippen molar-refractivity contribution in [2.45, 2.75) is 98.0 Å². The zero-order valence-corrected chi connectivity index (χ0v) is 20.0. The van der Waals surface area contributed by atoms with E-state index < -0.39 is 52.8 Å². The van der Waals surface area contributed by atoms with Crippen LogP contribution in [-0.4, -0.2) is 52.0 Å². The monoisotopic (exact) mass is 443 g/mol. The summed E-state index contributed by atoms with van der Waals surface area (Å²) < 4.78 is 16.0. The molecule has 0 aromatic rings. The van der Waals surface area contributed by atoms with Gasteiger partial charge in [0.05, 0.1) is 5.92 Å². The minimum absolute atomic E-state index is 0.00346. The van der Waals surface area contributed by atoms with Crippen molar-refractivity contribution in [3.63, 3.8) is 0 Å². The lowest BCUT2D eigenvalue weighted by Crippen LogP contribution is -2.47. The van der Waals surface area contributed by atoms with Crippen LogP contribution in [0.1, 0.15) is 75.2 Å². The second kappa shape index (κ2) is 11.2. The summed E-state index contributed by atoms with van der Waals surface area (Å²) in [6, 6.07) is -1.20. The van der Waals surface area contributed by atoms with Crippen molar-refractivity contribution in [3.8, 4) is 0 Å². The van der Waals surface area contributed by atoms with Gasteiger partial charge in [0.1, 0.15) is 22.8 Å². The summed E-state index contributed by atoms with van der Waals surface area (Å²) in [6.45, 7) is 15.1. The van der Waals surface area contributed by atoms with E-state index in [1.165, 1.54) is 6.08 Å². The maximum atomic E-state index is 12.7. The number of nitrogens with one attached hydrogen (secondary N) is 1. The Labute approximate surface area is 184 Å². The molecular weight excluding hydrogens is 406 g/mol. The molecule has 0 aromatic heterocycles. The van der Waals surface area contributed by atoms with E-state index in [-0.39, 0.29) is 12.8 Å². The van der Waals surface area contributed by atoms with E-state index in [1.54, 1.807) is 62.3 Å². The van der Waals surface area contributed by atoms with E-state index in [0.717, 1.165) is 6.08 Å². The molecule has 0 bridgehead atoms. The number of hydrogen-bond acceptors (Lipinski definition) is 7. The van der Waals surface area contributed by atoms with Gasteiger partial charge < -0.3 is 24.6 Å². The average Bonchev–Trinajstić information content (AvgIpc) is 2.47. The molecule has 1 amide bonds. The molecule has 31 heavy (non-hydrogen) atoms. The van der Waals surface area contributed by atoms with Crippen molar-refractivity contribution in [3.05, 3.63) is 12.2 Å². The van der Waals surface area contributed by atoms with Crippen LogP contribution < -0.4 is 5.32 Å². The Morgan fingerprint density at radius 3 is 1.68 bits per heavy atom. The Morgan fingerprint density at radius 2 is 1.26 bits per heavy atom. The third-order valence-corrected chi connectivity index (χ3v) is 3.32.